The fourth-order valence-corrected chi connectivity index (χ4v) is 4.42. The molecule has 0 bridgehead atoms. The van der Waals surface area contributed by atoms with Crippen molar-refractivity contribution in [2.24, 2.45) is 0 Å². The van der Waals surface area contributed by atoms with Gasteiger partial charge in [0.1, 0.15) is 0 Å². The number of nitriles is 2. The second-order valence-electron chi connectivity index (χ2n) is 2.92. The van der Waals surface area contributed by atoms with Crippen LogP contribution in [0.25, 0.3) is 0 Å². The summed E-state index contributed by atoms with van der Waals surface area (Å²) in [5, 5.41) is 16.8. The summed E-state index contributed by atoms with van der Waals surface area (Å²) in [6, 6.07) is 3.95. The van der Waals surface area contributed by atoms with E-state index in [2.05, 4.69) is 0 Å². The van der Waals surface area contributed by atoms with Crippen LogP contribution in [0.15, 0.2) is 0 Å². The molecular formula is C8H12KN2O3PS. The Balaban J connectivity index is 0. The first-order valence-corrected chi connectivity index (χ1v) is 7.87. The van der Waals surface area contributed by atoms with Crippen molar-refractivity contribution in [1.82, 2.24) is 0 Å². The van der Waals surface area contributed by atoms with E-state index in [1.807, 2.05) is 12.1 Å². The van der Waals surface area contributed by atoms with Gasteiger partial charge in [0, 0.05) is 18.6 Å². The van der Waals surface area contributed by atoms with Crippen LogP contribution in [0, 0.1) is 22.7 Å². The quantitative estimate of drug-likeness (QED) is 0.301. The zero-order valence-electron chi connectivity index (χ0n) is 9.22. The van der Waals surface area contributed by atoms with Gasteiger partial charge in [-0.15, -0.1) is 7.92 Å². The fraction of sp³-hybridized carbons (Fsp3) is 0.750. The minimum atomic E-state index is -4.17. The summed E-state index contributed by atoms with van der Waals surface area (Å²) in [7, 11) is -4.83. The third kappa shape index (κ3) is 13.0. The second kappa shape index (κ2) is 11.1. The van der Waals surface area contributed by atoms with Gasteiger partial charge in [-0.25, -0.2) is 8.42 Å². The van der Waals surface area contributed by atoms with Crippen molar-refractivity contribution in [3.05, 3.63) is 0 Å². The molecule has 8 heteroatoms. The molecule has 0 heterocycles. The predicted molar refractivity (Wildman–Crippen MR) is 56.5 cm³/mol. The molecule has 0 saturated heterocycles. The van der Waals surface area contributed by atoms with Crippen LogP contribution in [-0.4, -0.2) is 37.2 Å². The van der Waals surface area contributed by atoms with Crippen LogP contribution in [0.5, 0.6) is 0 Å². The van der Waals surface area contributed by atoms with Crippen LogP contribution >= 0.6 is 7.92 Å². The third-order valence-electron chi connectivity index (χ3n) is 1.74. The molecule has 84 valence electrons. The molecule has 5 nitrogen and oxygen atoms in total. The SMILES string of the molecule is N#CCCP(CCC#N)CCS(=O)(=O)[O-].[K+]. The first-order chi connectivity index (χ1) is 6.99. The van der Waals surface area contributed by atoms with Gasteiger partial charge in [0.15, 0.2) is 0 Å². The molecule has 0 saturated carbocycles. The summed E-state index contributed by atoms with van der Waals surface area (Å²) in [6.45, 7) is 0. The summed E-state index contributed by atoms with van der Waals surface area (Å²) in [4.78, 5) is 0. The van der Waals surface area contributed by atoms with Crippen LogP contribution in [0.2, 0.25) is 0 Å². The Hall–Kier alpha value is 0.956. The van der Waals surface area contributed by atoms with E-state index in [1.165, 1.54) is 0 Å². The predicted octanol–water partition coefficient (Wildman–Crippen LogP) is -2.16. The molecule has 0 aliphatic rings. The molecule has 0 aromatic rings. The van der Waals surface area contributed by atoms with E-state index >= 15 is 0 Å². The summed E-state index contributed by atoms with van der Waals surface area (Å²) in [5.74, 6) is -0.379. The summed E-state index contributed by atoms with van der Waals surface area (Å²) in [5.41, 5.74) is 0. The zero-order valence-corrected chi connectivity index (χ0v) is 14.1. The van der Waals surface area contributed by atoms with Gasteiger partial charge in [-0.3, -0.25) is 0 Å². The number of nitrogens with zero attached hydrogens (tertiary/aromatic N) is 2. The minimum absolute atomic E-state index is 0. The molecule has 0 aliphatic carbocycles. The molecule has 0 unspecified atom stereocenters. The van der Waals surface area contributed by atoms with Crippen LogP contribution in [0.3, 0.4) is 0 Å². The molecule has 0 rings (SSSR count). The Morgan fingerprint density at radius 1 is 1.06 bits per heavy atom. The number of hydrogen-bond donors (Lipinski definition) is 0. The Labute approximate surface area is 140 Å². The molecule has 0 fully saturated rings. The van der Waals surface area contributed by atoms with Gasteiger partial charge in [-0.2, -0.15) is 10.5 Å². The van der Waals surface area contributed by atoms with Crippen LogP contribution in [-0.2, 0) is 10.1 Å². The monoisotopic (exact) mass is 286 g/mol. The molecule has 0 aromatic heterocycles. The molecular weight excluding hydrogens is 274 g/mol. The maximum absolute atomic E-state index is 10.4. The van der Waals surface area contributed by atoms with Gasteiger partial charge >= 0.3 is 51.4 Å². The molecule has 0 radical (unpaired) electrons. The molecule has 0 aliphatic heterocycles. The normalized spacial score (nSPS) is 10.2. The Morgan fingerprint density at radius 3 is 1.81 bits per heavy atom. The summed E-state index contributed by atoms with van der Waals surface area (Å²) < 4.78 is 31.2. The van der Waals surface area contributed by atoms with Crippen LogP contribution in [0.4, 0.5) is 0 Å². The largest absolute Gasteiger partial charge is 1.00 e. The van der Waals surface area contributed by atoms with Crippen molar-refractivity contribution in [2.75, 3.05) is 24.2 Å². The molecule has 0 amide bonds. The zero-order chi connectivity index (χ0) is 11.7. The van der Waals surface area contributed by atoms with Gasteiger partial charge in [0.05, 0.1) is 22.3 Å². The number of hydrogen-bond acceptors (Lipinski definition) is 5. The van der Waals surface area contributed by atoms with Crippen molar-refractivity contribution in [2.45, 2.75) is 12.8 Å². The Bertz CT molecular complexity index is 342. The Morgan fingerprint density at radius 2 is 1.50 bits per heavy atom. The second-order valence-corrected chi connectivity index (χ2v) is 7.13. The smallest absolute Gasteiger partial charge is 0.748 e. The van der Waals surface area contributed by atoms with E-state index in [-0.39, 0.29) is 57.1 Å². The molecule has 0 atom stereocenters. The number of rotatable bonds is 7. The molecule has 0 N–H and O–H groups in total. The maximum atomic E-state index is 10.4. The van der Waals surface area contributed by atoms with E-state index in [1.54, 1.807) is 0 Å². The van der Waals surface area contributed by atoms with Crippen molar-refractivity contribution in [1.29, 1.82) is 10.5 Å². The molecule has 0 aromatic carbocycles. The standard InChI is InChI=1S/C8H13N2O3PS.K/c9-3-1-5-14(6-2-4-10)7-8-15(11,12)13;/h1-2,5-8H2,(H,11,12,13);/q;+1/p-1. The van der Waals surface area contributed by atoms with Crippen molar-refractivity contribution >= 4 is 18.0 Å². The fourth-order valence-electron chi connectivity index (χ4n) is 0.993. The van der Waals surface area contributed by atoms with Crippen molar-refractivity contribution < 1.29 is 64.4 Å². The maximum Gasteiger partial charge on any atom is 1.00 e. The van der Waals surface area contributed by atoms with E-state index in [0.717, 1.165) is 0 Å². The van der Waals surface area contributed by atoms with Crippen LogP contribution < -0.4 is 51.4 Å². The van der Waals surface area contributed by atoms with Crippen molar-refractivity contribution in [3.8, 4) is 12.1 Å². The van der Waals surface area contributed by atoms with E-state index < -0.39 is 18.0 Å². The Kier molecular flexibility index (Phi) is 13.4. The van der Waals surface area contributed by atoms with E-state index in [0.29, 0.717) is 31.3 Å². The first-order valence-electron chi connectivity index (χ1n) is 4.39. The molecule has 16 heavy (non-hydrogen) atoms. The average Bonchev–Trinajstić information content (AvgIpc) is 2.15. The minimum Gasteiger partial charge on any atom is -0.748 e. The summed E-state index contributed by atoms with van der Waals surface area (Å²) >= 11 is 0. The van der Waals surface area contributed by atoms with Gasteiger partial charge in [-0.1, -0.05) is 0 Å². The van der Waals surface area contributed by atoms with Gasteiger partial charge in [0.25, 0.3) is 0 Å². The van der Waals surface area contributed by atoms with Gasteiger partial charge in [0.2, 0.25) is 0 Å². The average molecular weight is 286 g/mol. The van der Waals surface area contributed by atoms with Gasteiger partial charge < -0.3 is 4.55 Å². The topological polar surface area (TPSA) is 105 Å². The van der Waals surface area contributed by atoms with Crippen molar-refractivity contribution in [3.63, 3.8) is 0 Å². The third-order valence-corrected chi connectivity index (χ3v) is 5.31. The van der Waals surface area contributed by atoms with E-state index in [4.69, 9.17) is 10.5 Å². The molecule has 0 spiro atoms. The van der Waals surface area contributed by atoms with E-state index in [9.17, 15) is 13.0 Å². The van der Waals surface area contributed by atoms with Gasteiger partial charge in [-0.05, 0) is 18.5 Å². The first kappa shape index (κ1) is 19.3. The summed E-state index contributed by atoms with van der Waals surface area (Å²) in [6.07, 6.45) is 2.25. The van der Waals surface area contributed by atoms with Crippen LogP contribution in [0.1, 0.15) is 12.8 Å².